The number of carboxylic acid groups (broad SMARTS) is 1. The first-order chi connectivity index (χ1) is 14.0. The normalized spacial score (nSPS) is 29.1. The predicted molar refractivity (Wildman–Crippen MR) is 110 cm³/mol. The van der Waals surface area contributed by atoms with Gasteiger partial charge in [-0.25, -0.2) is 9.78 Å². The second kappa shape index (κ2) is 8.83. The van der Waals surface area contributed by atoms with Gasteiger partial charge in [-0.3, -0.25) is 0 Å². The van der Waals surface area contributed by atoms with Crippen molar-refractivity contribution >= 4 is 28.9 Å². The number of fused-ring (bicyclic) bond motifs is 1. The lowest BCUT2D eigenvalue weighted by Gasteiger charge is -2.33. The number of nitrogens with zero attached hydrogens (tertiary/aromatic N) is 1. The Hall–Kier alpha value is -1.93. The summed E-state index contributed by atoms with van der Waals surface area (Å²) < 4.78 is 11.9. The van der Waals surface area contributed by atoms with E-state index < -0.39 is 12.1 Å². The lowest BCUT2D eigenvalue weighted by molar-refractivity contribution is -0.0767. The van der Waals surface area contributed by atoms with Gasteiger partial charge in [-0.15, -0.1) is 11.3 Å². The molecule has 8 heteroatoms. The van der Waals surface area contributed by atoms with Gasteiger partial charge in [0.1, 0.15) is 23.5 Å². The fraction of sp³-hybridized carbons (Fsp3) is 0.429. The van der Waals surface area contributed by atoms with Crippen molar-refractivity contribution in [1.29, 1.82) is 0 Å². The van der Waals surface area contributed by atoms with Crippen molar-refractivity contribution in [2.45, 2.75) is 37.6 Å². The van der Waals surface area contributed by atoms with Crippen molar-refractivity contribution in [3.05, 3.63) is 57.5 Å². The Morgan fingerprint density at radius 1 is 1.34 bits per heavy atom. The topological polar surface area (TPSA) is 88.9 Å². The number of halogens is 1. The van der Waals surface area contributed by atoms with Crippen molar-refractivity contribution in [2.24, 2.45) is 11.8 Å². The highest BCUT2D eigenvalue weighted by Gasteiger charge is 2.45. The predicted octanol–water partition coefficient (Wildman–Crippen LogP) is 4.35. The molecule has 154 valence electrons. The van der Waals surface area contributed by atoms with Gasteiger partial charge < -0.3 is 19.7 Å². The number of aliphatic hydroxyl groups excluding tert-OH is 1. The maximum atomic E-state index is 11.0. The van der Waals surface area contributed by atoms with E-state index in [9.17, 15) is 9.90 Å². The summed E-state index contributed by atoms with van der Waals surface area (Å²) in [6, 6.07) is 7.20. The molecule has 0 spiro atoms. The first-order valence-electron chi connectivity index (χ1n) is 9.58. The first kappa shape index (κ1) is 20.3. The third kappa shape index (κ3) is 4.64. The van der Waals surface area contributed by atoms with Crippen LogP contribution in [-0.2, 0) is 4.74 Å². The highest BCUT2D eigenvalue weighted by Crippen LogP contribution is 2.46. The molecule has 2 aromatic rings. The quantitative estimate of drug-likeness (QED) is 0.656. The number of aliphatic hydroxyl groups is 1. The minimum atomic E-state index is -1.02. The van der Waals surface area contributed by atoms with Crippen LogP contribution in [0.25, 0.3) is 0 Å². The molecule has 1 aromatic carbocycles. The smallest absolute Gasteiger partial charge is 0.355 e. The van der Waals surface area contributed by atoms with Crippen molar-refractivity contribution in [2.75, 3.05) is 6.61 Å². The zero-order valence-corrected chi connectivity index (χ0v) is 17.2. The van der Waals surface area contributed by atoms with E-state index in [0.717, 1.165) is 18.6 Å². The lowest BCUT2D eigenvalue weighted by atomic mass is 9.86. The molecular formula is C21H22ClNO5S. The van der Waals surface area contributed by atoms with Gasteiger partial charge in [0, 0.05) is 22.7 Å². The number of thiazole rings is 1. The third-order valence-electron chi connectivity index (χ3n) is 5.53. The van der Waals surface area contributed by atoms with Gasteiger partial charge in [0.15, 0.2) is 5.69 Å². The van der Waals surface area contributed by atoms with Crippen LogP contribution in [0.3, 0.4) is 0 Å². The number of aromatic carboxylic acids is 1. The minimum absolute atomic E-state index is 0.0284. The molecule has 2 aliphatic rings. The molecule has 2 heterocycles. The number of carboxylic acids is 1. The number of hydrogen-bond acceptors (Lipinski definition) is 6. The molecular weight excluding hydrogens is 414 g/mol. The molecule has 6 nitrogen and oxygen atoms in total. The summed E-state index contributed by atoms with van der Waals surface area (Å²) in [5, 5.41) is 22.5. The Kier molecular flexibility index (Phi) is 6.20. The molecule has 1 saturated carbocycles. The van der Waals surface area contributed by atoms with Gasteiger partial charge in [0.05, 0.1) is 12.2 Å². The summed E-state index contributed by atoms with van der Waals surface area (Å²) in [5.74, 6) is -0.00649. The zero-order valence-electron chi connectivity index (χ0n) is 15.6. The second-order valence-corrected chi connectivity index (χ2v) is 8.68. The molecule has 29 heavy (non-hydrogen) atoms. The zero-order chi connectivity index (χ0) is 20.4. The number of hydrogen-bond donors (Lipinski definition) is 2. The highest BCUT2D eigenvalue weighted by atomic mass is 35.5. The average molecular weight is 436 g/mol. The highest BCUT2D eigenvalue weighted by molar-refractivity contribution is 7.09. The Bertz CT molecular complexity index is 883. The van der Waals surface area contributed by atoms with Crippen LogP contribution < -0.4 is 4.74 Å². The van der Waals surface area contributed by atoms with Gasteiger partial charge in [0.2, 0.25) is 0 Å². The Morgan fingerprint density at radius 3 is 2.86 bits per heavy atom. The van der Waals surface area contributed by atoms with Crippen LogP contribution in [0.4, 0.5) is 0 Å². The van der Waals surface area contributed by atoms with E-state index in [1.165, 1.54) is 11.3 Å². The van der Waals surface area contributed by atoms with Crippen molar-refractivity contribution in [3.63, 3.8) is 0 Å². The fourth-order valence-electron chi connectivity index (χ4n) is 4.14. The number of benzene rings is 1. The molecule has 2 N–H and O–H groups in total. The molecule has 0 bridgehead atoms. The number of ether oxygens (including phenoxy) is 2. The van der Waals surface area contributed by atoms with E-state index in [-0.39, 0.29) is 29.7 Å². The SMILES string of the molecule is O=C(O)c1csc([C@H]2CC[C@@H]3[C@@H](/C=C/COc4ccc(Cl)cc4)[C@H](O)C[C@@H]3O2)n1. The first-order valence-corrected chi connectivity index (χ1v) is 10.8. The largest absolute Gasteiger partial charge is 0.490 e. The van der Waals surface area contributed by atoms with Crippen LogP contribution in [0.15, 0.2) is 41.8 Å². The van der Waals surface area contributed by atoms with Gasteiger partial charge in [-0.1, -0.05) is 23.8 Å². The molecule has 0 unspecified atom stereocenters. The van der Waals surface area contributed by atoms with Crippen LogP contribution in [-0.4, -0.2) is 40.0 Å². The molecule has 5 atom stereocenters. The Morgan fingerprint density at radius 2 is 2.14 bits per heavy atom. The number of rotatable bonds is 6. The van der Waals surface area contributed by atoms with Gasteiger partial charge in [0.25, 0.3) is 0 Å². The molecule has 2 fully saturated rings. The summed E-state index contributed by atoms with van der Waals surface area (Å²) in [7, 11) is 0. The summed E-state index contributed by atoms with van der Waals surface area (Å²) in [6.07, 6.45) is 5.52. The van der Waals surface area contributed by atoms with E-state index in [1.807, 2.05) is 24.3 Å². The molecule has 1 aliphatic carbocycles. The van der Waals surface area contributed by atoms with Crippen molar-refractivity contribution in [1.82, 2.24) is 4.98 Å². The van der Waals surface area contributed by atoms with Gasteiger partial charge in [-0.2, -0.15) is 0 Å². The van der Waals surface area contributed by atoms with Crippen LogP contribution in [0, 0.1) is 11.8 Å². The van der Waals surface area contributed by atoms with E-state index in [2.05, 4.69) is 4.98 Å². The van der Waals surface area contributed by atoms with E-state index in [0.29, 0.717) is 23.1 Å². The molecule has 1 aromatic heterocycles. The lowest BCUT2D eigenvalue weighted by Crippen LogP contribution is -2.30. The van der Waals surface area contributed by atoms with Crippen LogP contribution in [0.5, 0.6) is 5.75 Å². The summed E-state index contributed by atoms with van der Waals surface area (Å²) >= 11 is 7.18. The maximum Gasteiger partial charge on any atom is 0.355 e. The fourth-order valence-corrected chi connectivity index (χ4v) is 5.12. The summed E-state index contributed by atoms with van der Waals surface area (Å²) in [4.78, 5) is 15.2. The standard InChI is InChI=1S/C21H22ClNO5S/c22-12-3-5-13(6-4-12)27-9-1-2-14-15-7-8-18(28-19(15)10-17(14)24)20-23-16(11-29-20)21(25)26/h1-6,11,14-15,17-19,24H,7-10H2,(H,25,26)/b2-1+/t14-,15-,17-,18-,19+/m1/s1. The van der Waals surface area contributed by atoms with Crippen LogP contribution in [0.1, 0.15) is 40.9 Å². The molecule has 4 rings (SSSR count). The monoisotopic (exact) mass is 435 g/mol. The summed E-state index contributed by atoms with van der Waals surface area (Å²) in [6.45, 7) is 0.419. The van der Waals surface area contributed by atoms with E-state index in [4.69, 9.17) is 26.2 Å². The van der Waals surface area contributed by atoms with Crippen LogP contribution in [0.2, 0.25) is 5.02 Å². The van der Waals surface area contributed by atoms with E-state index in [1.54, 1.807) is 17.5 Å². The minimum Gasteiger partial charge on any atom is -0.490 e. The van der Waals surface area contributed by atoms with Gasteiger partial charge in [-0.05, 0) is 43.0 Å². The third-order valence-corrected chi connectivity index (χ3v) is 6.71. The second-order valence-electron chi connectivity index (χ2n) is 7.35. The Balaban J connectivity index is 1.33. The van der Waals surface area contributed by atoms with Gasteiger partial charge >= 0.3 is 5.97 Å². The average Bonchev–Trinajstić information content (AvgIpc) is 3.31. The number of carbonyl (C=O) groups is 1. The van der Waals surface area contributed by atoms with Crippen molar-refractivity contribution in [3.8, 4) is 5.75 Å². The molecule has 1 saturated heterocycles. The number of aromatic nitrogens is 1. The van der Waals surface area contributed by atoms with Crippen molar-refractivity contribution < 1.29 is 24.5 Å². The molecule has 0 amide bonds. The summed E-state index contributed by atoms with van der Waals surface area (Å²) in [5.41, 5.74) is 0.0590. The molecule has 1 aliphatic heterocycles. The Labute approximate surface area is 177 Å². The van der Waals surface area contributed by atoms with E-state index >= 15 is 0 Å². The maximum absolute atomic E-state index is 11.0. The van der Waals surface area contributed by atoms with Crippen LogP contribution >= 0.6 is 22.9 Å². The molecule has 0 radical (unpaired) electrons.